The third-order valence-corrected chi connectivity index (χ3v) is 4.37. The predicted octanol–water partition coefficient (Wildman–Crippen LogP) is 0.321. The van der Waals surface area contributed by atoms with Crippen LogP contribution in [-0.2, 0) is 9.53 Å². The molecule has 0 aromatic carbocycles. The molecule has 7 heteroatoms. The summed E-state index contributed by atoms with van der Waals surface area (Å²) < 4.78 is 5.36. The molecular weight excluding hydrogens is 306 g/mol. The standard InChI is InChI=1S/C17H33N5O2/c1-3-14(2)20-16(23)6-7-18-17(21-15-4-5-15)19-8-9-22-10-12-24-13-11-22/h14-15H,3-13H2,1-2H3,(H,20,23)(H2,18,19,21)/t14-/m0/s1. The van der Waals surface area contributed by atoms with E-state index >= 15 is 0 Å². The summed E-state index contributed by atoms with van der Waals surface area (Å²) in [6, 6.07) is 0.789. The molecule has 1 saturated carbocycles. The molecule has 0 aromatic heterocycles. The average Bonchev–Trinajstić information content (AvgIpc) is 3.39. The van der Waals surface area contributed by atoms with Gasteiger partial charge >= 0.3 is 0 Å². The molecule has 7 nitrogen and oxygen atoms in total. The number of ether oxygens (including phenoxy) is 1. The number of hydrogen-bond acceptors (Lipinski definition) is 4. The van der Waals surface area contributed by atoms with Crippen LogP contribution >= 0.6 is 0 Å². The molecular formula is C17H33N5O2. The highest BCUT2D eigenvalue weighted by atomic mass is 16.5. The van der Waals surface area contributed by atoms with E-state index in [1.165, 1.54) is 12.8 Å². The van der Waals surface area contributed by atoms with Crippen LogP contribution in [0.2, 0.25) is 0 Å². The zero-order valence-corrected chi connectivity index (χ0v) is 15.1. The number of nitrogens with zero attached hydrogens (tertiary/aromatic N) is 2. The topological polar surface area (TPSA) is 78.0 Å². The van der Waals surface area contributed by atoms with Crippen molar-refractivity contribution in [2.24, 2.45) is 4.99 Å². The van der Waals surface area contributed by atoms with Gasteiger partial charge in [0.15, 0.2) is 5.96 Å². The predicted molar refractivity (Wildman–Crippen MR) is 96.2 cm³/mol. The number of nitrogens with one attached hydrogen (secondary N) is 3. The van der Waals surface area contributed by atoms with Crippen molar-refractivity contribution in [3.05, 3.63) is 0 Å². The fourth-order valence-electron chi connectivity index (χ4n) is 2.45. The van der Waals surface area contributed by atoms with Gasteiger partial charge < -0.3 is 20.7 Å². The van der Waals surface area contributed by atoms with E-state index in [4.69, 9.17) is 4.74 Å². The third-order valence-electron chi connectivity index (χ3n) is 4.37. The van der Waals surface area contributed by atoms with Crippen LogP contribution in [0.15, 0.2) is 4.99 Å². The molecule has 1 saturated heterocycles. The van der Waals surface area contributed by atoms with E-state index < -0.39 is 0 Å². The Morgan fingerprint density at radius 1 is 1.33 bits per heavy atom. The normalized spacial score (nSPS) is 20.5. The average molecular weight is 339 g/mol. The maximum atomic E-state index is 11.8. The fourth-order valence-corrected chi connectivity index (χ4v) is 2.45. The van der Waals surface area contributed by atoms with Gasteiger partial charge in [-0.3, -0.25) is 14.7 Å². The molecule has 138 valence electrons. The molecule has 3 N–H and O–H groups in total. The Kier molecular flexibility index (Phi) is 8.32. The molecule has 2 fully saturated rings. The van der Waals surface area contributed by atoms with Crippen molar-refractivity contribution in [2.45, 2.75) is 51.6 Å². The maximum absolute atomic E-state index is 11.8. The van der Waals surface area contributed by atoms with Crippen LogP contribution in [0, 0.1) is 0 Å². The molecule has 1 aliphatic heterocycles. The molecule has 0 spiro atoms. The Morgan fingerprint density at radius 2 is 2.08 bits per heavy atom. The Bertz CT molecular complexity index is 406. The molecule has 2 aliphatic rings. The number of morpholine rings is 1. The van der Waals surface area contributed by atoms with E-state index in [-0.39, 0.29) is 11.9 Å². The number of amides is 1. The van der Waals surface area contributed by atoms with Crippen LogP contribution in [-0.4, -0.2) is 74.8 Å². The summed E-state index contributed by atoms with van der Waals surface area (Å²) >= 11 is 0. The Hall–Kier alpha value is -1.34. The molecule has 0 bridgehead atoms. The number of carbonyl (C=O) groups excluding carboxylic acids is 1. The summed E-state index contributed by atoms with van der Waals surface area (Å²) in [6.45, 7) is 10.0. The second-order valence-electron chi connectivity index (χ2n) is 6.66. The summed E-state index contributed by atoms with van der Waals surface area (Å²) in [4.78, 5) is 18.8. The first-order valence-electron chi connectivity index (χ1n) is 9.31. The van der Waals surface area contributed by atoms with E-state index in [9.17, 15) is 4.79 Å². The Balaban J connectivity index is 1.67. The van der Waals surface area contributed by atoms with E-state index in [1.54, 1.807) is 0 Å². The number of aliphatic imine (C=N–C) groups is 1. The quantitative estimate of drug-likeness (QED) is 0.417. The fraction of sp³-hybridized carbons (Fsp3) is 0.882. The molecule has 2 rings (SSSR count). The number of guanidine groups is 1. The largest absolute Gasteiger partial charge is 0.379 e. The molecule has 0 radical (unpaired) electrons. The highest BCUT2D eigenvalue weighted by Crippen LogP contribution is 2.18. The van der Waals surface area contributed by atoms with Crippen LogP contribution in [0.1, 0.15) is 39.5 Å². The molecule has 1 aliphatic carbocycles. The number of rotatable bonds is 9. The lowest BCUT2D eigenvalue weighted by Gasteiger charge is -2.25. The van der Waals surface area contributed by atoms with Gasteiger partial charge in [0.1, 0.15) is 0 Å². The van der Waals surface area contributed by atoms with Gasteiger partial charge in [0.05, 0.1) is 19.8 Å². The molecule has 1 heterocycles. The minimum Gasteiger partial charge on any atom is -0.379 e. The number of hydrogen-bond donors (Lipinski definition) is 3. The SMILES string of the molecule is CC[C@H](C)NC(=O)CCNC(=NCCN1CCOCC1)NC1CC1. The minimum atomic E-state index is 0.0935. The van der Waals surface area contributed by atoms with Crippen molar-refractivity contribution < 1.29 is 9.53 Å². The number of carbonyl (C=O) groups is 1. The summed E-state index contributed by atoms with van der Waals surface area (Å²) in [5.41, 5.74) is 0. The maximum Gasteiger partial charge on any atom is 0.221 e. The molecule has 1 atom stereocenters. The van der Waals surface area contributed by atoms with E-state index in [0.29, 0.717) is 19.0 Å². The van der Waals surface area contributed by atoms with Gasteiger partial charge in [-0.05, 0) is 26.2 Å². The summed E-state index contributed by atoms with van der Waals surface area (Å²) in [5.74, 6) is 0.929. The minimum absolute atomic E-state index is 0.0935. The van der Waals surface area contributed by atoms with Crippen LogP contribution < -0.4 is 16.0 Å². The monoisotopic (exact) mass is 339 g/mol. The first-order valence-corrected chi connectivity index (χ1v) is 9.31. The second-order valence-corrected chi connectivity index (χ2v) is 6.66. The molecule has 24 heavy (non-hydrogen) atoms. The van der Waals surface area contributed by atoms with Gasteiger partial charge in [0.2, 0.25) is 5.91 Å². The van der Waals surface area contributed by atoms with Crippen molar-refractivity contribution in [3.8, 4) is 0 Å². The van der Waals surface area contributed by atoms with Crippen molar-refractivity contribution in [3.63, 3.8) is 0 Å². The molecule has 0 unspecified atom stereocenters. The van der Waals surface area contributed by atoms with Gasteiger partial charge in [-0.25, -0.2) is 0 Å². The zero-order valence-electron chi connectivity index (χ0n) is 15.1. The first kappa shape index (κ1) is 19.0. The van der Waals surface area contributed by atoms with Crippen molar-refractivity contribution >= 4 is 11.9 Å². The van der Waals surface area contributed by atoms with Gasteiger partial charge in [-0.1, -0.05) is 6.92 Å². The van der Waals surface area contributed by atoms with Crippen molar-refractivity contribution in [1.29, 1.82) is 0 Å². The smallest absolute Gasteiger partial charge is 0.221 e. The van der Waals surface area contributed by atoms with E-state index in [0.717, 1.165) is 51.8 Å². The Morgan fingerprint density at radius 3 is 2.75 bits per heavy atom. The second kappa shape index (κ2) is 10.5. The van der Waals surface area contributed by atoms with Crippen LogP contribution in [0.4, 0.5) is 0 Å². The summed E-state index contributed by atoms with van der Waals surface area (Å²) in [7, 11) is 0. The van der Waals surface area contributed by atoms with E-state index in [2.05, 4.69) is 32.8 Å². The van der Waals surface area contributed by atoms with Gasteiger partial charge in [-0.15, -0.1) is 0 Å². The molecule has 1 amide bonds. The van der Waals surface area contributed by atoms with Gasteiger partial charge in [-0.2, -0.15) is 0 Å². The lowest BCUT2D eigenvalue weighted by Crippen LogP contribution is -2.42. The lowest BCUT2D eigenvalue weighted by molar-refractivity contribution is -0.121. The summed E-state index contributed by atoms with van der Waals surface area (Å²) in [5, 5.41) is 9.69. The lowest BCUT2D eigenvalue weighted by atomic mass is 10.2. The van der Waals surface area contributed by atoms with Crippen LogP contribution in [0.3, 0.4) is 0 Å². The van der Waals surface area contributed by atoms with Crippen molar-refractivity contribution in [1.82, 2.24) is 20.9 Å². The zero-order chi connectivity index (χ0) is 17.2. The van der Waals surface area contributed by atoms with E-state index in [1.807, 2.05) is 6.92 Å². The molecule has 0 aromatic rings. The van der Waals surface area contributed by atoms with Crippen LogP contribution in [0.25, 0.3) is 0 Å². The van der Waals surface area contributed by atoms with Gasteiger partial charge in [0, 0.05) is 44.7 Å². The third kappa shape index (κ3) is 7.97. The van der Waals surface area contributed by atoms with Gasteiger partial charge in [0.25, 0.3) is 0 Å². The van der Waals surface area contributed by atoms with Crippen molar-refractivity contribution in [2.75, 3.05) is 45.9 Å². The first-order chi connectivity index (χ1) is 11.7. The van der Waals surface area contributed by atoms with Crippen LogP contribution in [0.5, 0.6) is 0 Å². The highest BCUT2D eigenvalue weighted by Gasteiger charge is 2.22. The Labute approximate surface area is 145 Å². The summed E-state index contributed by atoms with van der Waals surface area (Å²) in [6.07, 6.45) is 3.84. The highest BCUT2D eigenvalue weighted by molar-refractivity contribution is 5.81.